The second-order valence-corrected chi connectivity index (χ2v) is 9.64. The van der Waals surface area contributed by atoms with Gasteiger partial charge in [-0.15, -0.1) is 0 Å². The van der Waals surface area contributed by atoms with E-state index >= 15 is 0 Å². The van der Waals surface area contributed by atoms with Crippen LogP contribution < -0.4 is 4.90 Å². The number of aliphatic hydroxyl groups is 1. The first-order chi connectivity index (χ1) is 13.9. The fourth-order valence-corrected chi connectivity index (χ4v) is 5.23. The number of rotatable bonds is 6. The van der Waals surface area contributed by atoms with Crippen molar-refractivity contribution in [1.29, 1.82) is 0 Å². The molecule has 1 saturated carbocycles. The zero-order valence-electron chi connectivity index (χ0n) is 17.1. The van der Waals surface area contributed by atoms with Gasteiger partial charge in [0.2, 0.25) is 5.91 Å². The third-order valence-corrected chi connectivity index (χ3v) is 7.80. The first kappa shape index (κ1) is 21.2. The van der Waals surface area contributed by atoms with Crippen LogP contribution in [0.4, 0.5) is 5.69 Å². The monoisotopic (exact) mass is 439 g/mol. The number of β-amino-alcohol motifs (C(OH)–C–C–N with tert-alkyl or cyclic N) is 1. The Balaban J connectivity index is 1.30. The summed E-state index contributed by atoms with van der Waals surface area (Å²) in [5.74, 6) is 0.195. The van der Waals surface area contributed by atoms with E-state index in [4.69, 9.17) is 23.2 Å². The van der Waals surface area contributed by atoms with Gasteiger partial charge in [-0.1, -0.05) is 30.1 Å². The van der Waals surface area contributed by atoms with Crippen LogP contribution in [0.2, 0.25) is 10.0 Å². The molecule has 1 aromatic rings. The van der Waals surface area contributed by atoms with Gasteiger partial charge in [0, 0.05) is 31.9 Å². The fraction of sp³-hybridized carbons (Fsp3) is 0.682. The molecule has 1 spiro atoms. The minimum Gasteiger partial charge on any atom is -0.391 e. The largest absolute Gasteiger partial charge is 0.391 e. The summed E-state index contributed by atoms with van der Waals surface area (Å²) in [5, 5.41) is 11.4. The van der Waals surface area contributed by atoms with E-state index in [2.05, 4.69) is 16.7 Å². The molecular formula is C22H31Cl2N3O2. The smallest absolute Gasteiger partial charge is 0.245 e. The molecule has 0 unspecified atom stereocenters. The average Bonchev–Trinajstić information content (AvgIpc) is 3.49. The Morgan fingerprint density at radius 3 is 2.55 bits per heavy atom. The van der Waals surface area contributed by atoms with Crippen molar-refractivity contribution in [3.63, 3.8) is 0 Å². The maximum Gasteiger partial charge on any atom is 0.245 e. The van der Waals surface area contributed by atoms with Gasteiger partial charge in [-0.25, -0.2) is 0 Å². The van der Waals surface area contributed by atoms with E-state index in [9.17, 15) is 9.90 Å². The highest BCUT2D eigenvalue weighted by atomic mass is 35.5. The second kappa shape index (κ2) is 8.62. The first-order valence-corrected chi connectivity index (χ1v) is 11.6. The molecule has 4 rings (SSSR count). The van der Waals surface area contributed by atoms with Crippen molar-refractivity contribution in [2.24, 2.45) is 5.41 Å². The van der Waals surface area contributed by atoms with Gasteiger partial charge in [0.05, 0.1) is 16.1 Å². The highest BCUT2D eigenvalue weighted by Gasteiger charge is 2.51. The number of aliphatic hydroxyl groups excluding tert-OH is 1. The Hall–Kier alpha value is -1.01. The number of anilines is 1. The minimum atomic E-state index is -0.169. The lowest BCUT2D eigenvalue weighted by Crippen LogP contribution is -2.57. The molecule has 1 aliphatic carbocycles. The van der Waals surface area contributed by atoms with Gasteiger partial charge in [-0.2, -0.15) is 0 Å². The molecule has 0 aromatic heterocycles. The average molecular weight is 440 g/mol. The zero-order chi connectivity index (χ0) is 20.6. The Morgan fingerprint density at radius 2 is 1.90 bits per heavy atom. The third kappa shape index (κ3) is 4.39. The summed E-state index contributed by atoms with van der Waals surface area (Å²) < 4.78 is 0. The molecule has 160 valence electrons. The van der Waals surface area contributed by atoms with E-state index in [-0.39, 0.29) is 23.5 Å². The summed E-state index contributed by atoms with van der Waals surface area (Å²) >= 11 is 12.2. The molecule has 2 saturated heterocycles. The Morgan fingerprint density at radius 1 is 1.10 bits per heavy atom. The lowest BCUT2D eigenvalue weighted by molar-refractivity contribution is -0.134. The molecule has 1 aromatic carbocycles. The van der Waals surface area contributed by atoms with Crippen LogP contribution in [0.5, 0.6) is 0 Å². The van der Waals surface area contributed by atoms with Crippen molar-refractivity contribution in [1.82, 2.24) is 9.80 Å². The van der Waals surface area contributed by atoms with Gasteiger partial charge in [0.1, 0.15) is 6.04 Å². The van der Waals surface area contributed by atoms with Crippen molar-refractivity contribution in [2.75, 3.05) is 44.2 Å². The van der Waals surface area contributed by atoms with Crippen LogP contribution in [-0.4, -0.2) is 72.2 Å². The molecular weight excluding hydrogens is 409 g/mol. The van der Waals surface area contributed by atoms with E-state index in [1.165, 1.54) is 12.8 Å². The number of piperidine rings is 1. The number of likely N-dealkylation sites (tertiary alicyclic amines) is 1. The summed E-state index contributed by atoms with van der Waals surface area (Å²) in [7, 11) is 0. The number of hydrogen-bond acceptors (Lipinski definition) is 4. The number of amides is 1. The molecule has 2 aliphatic heterocycles. The highest BCUT2D eigenvalue weighted by molar-refractivity contribution is 6.42. The molecule has 29 heavy (non-hydrogen) atoms. The third-order valence-electron chi connectivity index (χ3n) is 7.06. The number of hydrogen-bond donors (Lipinski definition) is 1. The molecule has 0 radical (unpaired) electrons. The summed E-state index contributed by atoms with van der Waals surface area (Å²) in [4.78, 5) is 19.6. The SMILES string of the molecule is CC[C@H]1C(=O)N(CCCN2CCC3(CC3)[C@H](O)C2)CCN1c1ccc(Cl)c(Cl)c1. The standard InChI is InChI=1S/C22H31Cl2N3O2/c1-2-19-21(29)26(12-13-27(19)16-4-5-17(23)18(24)14-16)10-3-9-25-11-8-22(6-7-22)20(28)15-25/h4-5,14,19-20,28H,2-3,6-13,15H2,1H3/t19-,20+/m0/s1. The van der Waals surface area contributed by atoms with Crippen molar-refractivity contribution >= 4 is 34.8 Å². The summed E-state index contributed by atoms with van der Waals surface area (Å²) in [5.41, 5.74) is 1.21. The predicted molar refractivity (Wildman–Crippen MR) is 118 cm³/mol. The molecule has 1 N–H and O–H groups in total. The molecule has 5 nitrogen and oxygen atoms in total. The topological polar surface area (TPSA) is 47.0 Å². The van der Waals surface area contributed by atoms with E-state index in [0.717, 1.165) is 64.2 Å². The van der Waals surface area contributed by atoms with Crippen LogP contribution in [0.3, 0.4) is 0 Å². The molecule has 0 bridgehead atoms. The Kier molecular flexibility index (Phi) is 6.31. The molecule has 2 atom stereocenters. The van der Waals surface area contributed by atoms with Gasteiger partial charge in [0.15, 0.2) is 0 Å². The van der Waals surface area contributed by atoms with Gasteiger partial charge in [-0.05, 0) is 68.8 Å². The maximum absolute atomic E-state index is 13.1. The number of carbonyl (C=O) groups excluding carboxylic acids is 1. The number of piperazine rings is 1. The number of carbonyl (C=O) groups is 1. The van der Waals surface area contributed by atoms with Crippen LogP contribution in [0.25, 0.3) is 0 Å². The first-order valence-electron chi connectivity index (χ1n) is 10.8. The molecule has 3 fully saturated rings. The number of nitrogens with zero attached hydrogens (tertiary/aromatic N) is 3. The fourth-order valence-electron chi connectivity index (χ4n) is 4.94. The lowest BCUT2D eigenvalue weighted by Gasteiger charge is -2.42. The van der Waals surface area contributed by atoms with E-state index in [1.807, 2.05) is 17.0 Å². The van der Waals surface area contributed by atoms with Gasteiger partial charge in [0.25, 0.3) is 0 Å². The highest BCUT2D eigenvalue weighted by Crippen LogP contribution is 2.53. The Labute approximate surface area is 183 Å². The molecule has 1 amide bonds. The van der Waals surface area contributed by atoms with E-state index in [1.54, 1.807) is 6.07 Å². The summed E-state index contributed by atoms with van der Waals surface area (Å²) in [6.45, 7) is 7.17. The van der Waals surface area contributed by atoms with E-state index in [0.29, 0.717) is 10.0 Å². The lowest BCUT2D eigenvalue weighted by atomic mass is 9.90. The van der Waals surface area contributed by atoms with Crippen molar-refractivity contribution in [3.05, 3.63) is 28.2 Å². The number of benzene rings is 1. The van der Waals surface area contributed by atoms with Crippen LogP contribution in [0.15, 0.2) is 18.2 Å². The number of halogens is 2. The van der Waals surface area contributed by atoms with Gasteiger partial charge >= 0.3 is 0 Å². The van der Waals surface area contributed by atoms with Crippen LogP contribution in [0, 0.1) is 5.41 Å². The van der Waals surface area contributed by atoms with Gasteiger partial charge < -0.3 is 19.8 Å². The quantitative estimate of drug-likeness (QED) is 0.734. The predicted octanol–water partition coefficient (Wildman–Crippen LogP) is 3.66. The normalized spacial score (nSPS) is 27.0. The zero-order valence-corrected chi connectivity index (χ0v) is 18.6. The van der Waals surface area contributed by atoms with Crippen LogP contribution in [0.1, 0.15) is 39.0 Å². The van der Waals surface area contributed by atoms with Crippen molar-refractivity contribution in [3.8, 4) is 0 Å². The van der Waals surface area contributed by atoms with E-state index < -0.39 is 0 Å². The molecule has 7 heteroatoms. The van der Waals surface area contributed by atoms with Crippen LogP contribution in [-0.2, 0) is 4.79 Å². The maximum atomic E-state index is 13.1. The summed E-state index contributed by atoms with van der Waals surface area (Å²) in [6, 6.07) is 5.42. The van der Waals surface area contributed by atoms with Crippen LogP contribution >= 0.6 is 23.2 Å². The van der Waals surface area contributed by atoms with Crippen molar-refractivity contribution < 1.29 is 9.90 Å². The molecule has 3 aliphatic rings. The van der Waals surface area contributed by atoms with Gasteiger partial charge in [-0.3, -0.25) is 4.79 Å². The Bertz CT molecular complexity index is 756. The second-order valence-electron chi connectivity index (χ2n) is 8.82. The van der Waals surface area contributed by atoms with Crippen molar-refractivity contribution in [2.45, 2.75) is 51.2 Å². The minimum absolute atomic E-state index is 0.160. The molecule has 2 heterocycles. The summed E-state index contributed by atoms with van der Waals surface area (Å²) in [6.07, 6.45) is 5.05.